The third kappa shape index (κ3) is 6.13. The van der Waals surface area contributed by atoms with Gasteiger partial charge in [-0.05, 0) is 52.2 Å². The van der Waals surface area contributed by atoms with Gasteiger partial charge in [0.2, 0.25) is 0 Å². The molecule has 1 unspecified atom stereocenters. The highest BCUT2D eigenvalue weighted by Crippen LogP contribution is 2.09. The minimum atomic E-state index is -0.590. The average Bonchev–Trinajstić information content (AvgIpc) is 2.54. The summed E-state index contributed by atoms with van der Waals surface area (Å²) in [5.41, 5.74) is -0.590. The van der Waals surface area contributed by atoms with Gasteiger partial charge in [0.05, 0.1) is 5.60 Å². The van der Waals surface area contributed by atoms with E-state index in [1.165, 1.54) is 32.5 Å². The van der Waals surface area contributed by atoms with Gasteiger partial charge in [0, 0.05) is 13.1 Å². The Morgan fingerprint density at radius 2 is 1.93 bits per heavy atom. The van der Waals surface area contributed by atoms with E-state index >= 15 is 0 Å². The number of hydrogen-bond donors (Lipinski definition) is 2. The van der Waals surface area contributed by atoms with Gasteiger partial charge in [-0.3, -0.25) is 0 Å². The Hall–Kier alpha value is -0.120. The van der Waals surface area contributed by atoms with Gasteiger partial charge in [0.1, 0.15) is 0 Å². The topological polar surface area (TPSA) is 35.5 Å². The first kappa shape index (κ1) is 12.9. The lowest BCUT2D eigenvalue weighted by Crippen LogP contribution is -2.39. The monoisotopic (exact) mass is 214 g/mol. The molecule has 0 radical (unpaired) electrons. The van der Waals surface area contributed by atoms with E-state index in [1.807, 2.05) is 13.8 Å². The Bertz CT molecular complexity index is 171. The molecule has 0 amide bonds. The highest BCUT2D eigenvalue weighted by molar-refractivity contribution is 4.72. The van der Waals surface area contributed by atoms with E-state index in [2.05, 4.69) is 17.1 Å². The van der Waals surface area contributed by atoms with Crippen LogP contribution in [0.15, 0.2) is 0 Å². The Morgan fingerprint density at radius 3 is 2.47 bits per heavy atom. The summed E-state index contributed by atoms with van der Waals surface area (Å²) in [7, 11) is 0. The van der Waals surface area contributed by atoms with Gasteiger partial charge in [0.15, 0.2) is 0 Å². The van der Waals surface area contributed by atoms with Crippen LogP contribution in [0.5, 0.6) is 0 Å². The molecular weight excluding hydrogens is 188 g/mol. The number of hydrogen-bond acceptors (Lipinski definition) is 3. The number of aliphatic hydroxyl groups is 1. The summed E-state index contributed by atoms with van der Waals surface area (Å²) >= 11 is 0. The number of rotatable bonds is 6. The Kier molecular flexibility index (Phi) is 5.03. The number of likely N-dealkylation sites (tertiary alicyclic amines) is 1. The Balaban J connectivity index is 2.05. The van der Waals surface area contributed by atoms with Crippen molar-refractivity contribution in [1.82, 2.24) is 10.2 Å². The van der Waals surface area contributed by atoms with Crippen molar-refractivity contribution < 1.29 is 5.11 Å². The average molecular weight is 214 g/mol. The van der Waals surface area contributed by atoms with Crippen molar-refractivity contribution in [2.45, 2.75) is 39.2 Å². The lowest BCUT2D eigenvalue weighted by Gasteiger charge is -2.23. The van der Waals surface area contributed by atoms with Gasteiger partial charge >= 0.3 is 0 Å². The summed E-state index contributed by atoms with van der Waals surface area (Å²) in [6.45, 7) is 11.4. The maximum Gasteiger partial charge on any atom is 0.0715 e. The standard InChI is InChI=1S/C12H26N2O/c1-11(8-13-10-12(2,3)15)9-14-6-4-5-7-14/h11,13,15H,4-10H2,1-3H3. The van der Waals surface area contributed by atoms with Crippen LogP contribution in [0.4, 0.5) is 0 Å². The van der Waals surface area contributed by atoms with Crippen molar-refractivity contribution in [3.63, 3.8) is 0 Å². The normalized spacial score (nSPS) is 20.8. The minimum absolute atomic E-state index is 0.590. The van der Waals surface area contributed by atoms with Gasteiger partial charge in [0.25, 0.3) is 0 Å². The van der Waals surface area contributed by atoms with Crippen molar-refractivity contribution in [1.29, 1.82) is 0 Å². The largest absolute Gasteiger partial charge is 0.389 e. The zero-order chi connectivity index (χ0) is 11.3. The van der Waals surface area contributed by atoms with Crippen LogP contribution < -0.4 is 5.32 Å². The van der Waals surface area contributed by atoms with Crippen LogP contribution in [0.3, 0.4) is 0 Å². The zero-order valence-electron chi connectivity index (χ0n) is 10.4. The fourth-order valence-corrected chi connectivity index (χ4v) is 2.09. The minimum Gasteiger partial charge on any atom is -0.389 e. The molecule has 0 saturated carbocycles. The highest BCUT2D eigenvalue weighted by atomic mass is 16.3. The molecule has 1 aliphatic rings. The first-order valence-electron chi connectivity index (χ1n) is 6.13. The molecule has 1 fully saturated rings. The van der Waals surface area contributed by atoms with Gasteiger partial charge in [-0.1, -0.05) is 6.92 Å². The van der Waals surface area contributed by atoms with E-state index in [-0.39, 0.29) is 0 Å². The molecule has 0 bridgehead atoms. The summed E-state index contributed by atoms with van der Waals surface area (Å²) in [5.74, 6) is 0.672. The Labute approximate surface area is 93.9 Å². The third-order valence-corrected chi connectivity index (χ3v) is 2.82. The molecule has 0 aromatic rings. The van der Waals surface area contributed by atoms with Crippen LogP contribution in [0.1, 0.15) is 33.6 Å². The quantitative estimate of drug-likeness (QED) is 0.694. The molecule has 2 N–H and O–H groups in total. The van der Waals surface area contributed by atoms with Crippen molar-refractivity contribution >= 4 is 0 Å². The van der Waals surface area contributed by atoms with Gasteiger partial charge in [-0.25, -0.2) is 0 Å². The van der Waals surface area contributed by atoms with E-state index in [4.69, 9.17) is 0 Å². The molecule has 1 heterocycles. The molecule has 90 valence electrons. The number of nitrogens with one attached hydrogen (secondary N) is 1. The maximum atomic E-state index is 9.54. The molecule has 3 nitrogen and oxygen atoms in total. The molecular formula is C12H26N2O. The lowest BCUT2D eigenvalue weighted by molar-refractivity contribution is 0.0784. The summed E-state index contributed by atoms with van der Waals surface area (Å²) in [6.07, 6.45) is 2.73. The van der Waals surface area contributed by atoms with E-state index in [0.29, 0.717) is 12.5 Å². The molecule has 1 aliphatic heterocycles. The van der Waals surface area contributed by atoms with E-state index in [1.54, 1.807) is 0 Å². The molecule has 0 aliphatic carbocycles. The van der Waals surface area contributed by atoms with Crippen molar-refractivity contribution in [3.05, 3.63) is 0 Å². The predicted octanol–water partition coefficient (Wildman–Crippen LogP) is 1.08. The first-order chi connectivity index (χ1) is 6.97. The van der Waals surface area contributed by atoms with Gasteiger partial charge in [-0.2, -0.15) is 0 Å². The smallest absolute Gasteiger partial charge is 0.0715 e. The second kappa shape index (κ2) is 5.83. The zero-order valence-corrected chi connectivity index (χ0v) is 10.4. The lowest BCUT2D eigenvalue weighted by atomic mass is 10.1. The SMILES string of the molecule is CC(CNCC(C)(C)O)CN1CCCC1. The summed E-state index contributed by atoms with van der Waals surface area (Å²) in [4.78, 5) is 2.54. The van der Waals surface area contributed by atoms with E-state index in [9.17, 15) is 5.11 Å². The van der Waals surface area contributed by atoms with E-state index in [0.717, 1.165) is 6.54 Å². The van der Waals surface area contributed by atoms with Crippen molar-refractivity contribution in [2.24, 2.45) is 5.92 Å². The molecule has 15 heavy (non-hydrogen) atoms. The maximum absolute atomic E-state index is 9.54. The fraction of sp³-hybridized carbons (Fsp3) is 1.00. The molecule has 1 rings (SSSR count). The summed E-state index contributed by atoms with van der Waals surface area (Å²) < 4.78 is 0. The molecule has 0 aromatic heterocycles. The van der Waals surface area contributed by atoms with Crippen LogP contribution in [-0.2, 0) is 0 Å². The molecule has 0 spiro atoms. The first-order valence-corrected chi connectivity index (χ1v) is 6.13. The van der Waals surface area contributed by atoms with Crippen LogP contribution in [-0.4, -0.2) is 48.3 Å². The third-order valence-electron chi connectivity index (χ3n) is 2.82. The molecule has 3 heteroatoms. The second-order valence-electron chi connectivity index (χ2n) is 5.56. The van der Waals surface area contributed by atoms with Crippen LogP contribution in [0, 0.1) is 5.92 Å². The summed E-state index contributed by atoms with van der Waals surface area (Å²) in [5, 5.41) is 12.9. The highest BCUT2D eigenvalue weighted by Gasteiger charge is 2.16. The van der Waals surface area contributed by atoms with Gasteiger partial charge in [-0.15, -0.1) is 0 Å². The molecule has 1 saturated heterocycles. The van der Waals surface area contributed by atoms with E-state index < -0.39 is 5.60 Å². The number of nitrogens with zero attached hydrogens (tertiary/aromatic N) is 1. The Morgan fingerprint density at radius 1 is 1.33 bits per heavy atom. The fourth-order valence-electron chi connectivity index (χ4n) is 2.09. The van der Waals surface area contributed by atoms with Gasteiger partial charge < -0.3 is 15.3 Å². The van der Waals surface area contributed by atoms with Crippen LogP contribution >= 0.6 is 0 Å². The van der Waals surface area contributed by atoms with Crippen LogP contribution in [0.2, 0.25) is 0 Å². The molecule has 0 aromatic carbocycles. The second-order valence-corrected chi connectivity index (χ2v) is 5.56. The predicted molar refractivity (Wildman–Crippen MR) is 64.0 cm³/mol. The van der Waals surface area contributed by atoms with Crippen LogP contribution in [0.25, 0.3) is 0 Å². The van der Waals surface area contributed by atoms with Crippen molar-refractivity contribution in [2.75, 3.05) is 32.7 Å². The summed E-state index contributed by atoms with van der Waals surface area (Å²) in [6, 6.07) is 0. The molecule has 1 atom stereocenters. The van der Waals surface area contributed by atoms with Crippen molar-refractivity contribution in [3.8, 4) is 0 Å².